The molecule has 0 aromatic heterocycles. The fourth-order valence-corrected chi connectivity index (χ4v) is 3.92. The van der Waals surface area contributed by atoms with Gasteiger partial charge in [-0.15, -0.1) is 0 Å². The van der Waals surface area contributed by atoms with Crippen molar-refractivity contribution in [3.63, 3.8) is 0 Å². The maximum Gasteiger partial charge on any atom is 0.264 e. The number of hydrogen-bond acceptors (Lipinski definition) is 5. The molecule has 1 amide bonds. The third kappa shape index (κ3) is 4.30. The molecule has 1 atom stereocenters. The van der Waals surface area contributed by atoms with Crippen LogP contribution in [-0.4, -0.2) is 26.5 Å². The van der Waals surface area contributed by atoms with Crippen LogP contribution in [0, 0.1) is 18.3 Å². The molecule has 0 aliphatic heterocycles. The molecule has 0 saturated heterocycles. The van der Waals surface area contributed by atoms with Crippen LogP contribution < -0.4 is 4.72 Å². The molecule has 1 aliphatic rings. The second kappa shape index (κ2) is 7.11. The normalized spacial score (nSPS) is 16.7. The van der Waals surface area contributed by atoms with E-state index in [0.717, 1.165) is 25.7 Å². The van der Waals surface area contributed by atoms with Gasteiger partial charge in [0.15, 0.2) is 0 Å². The number of ether oxygens (including phenoxy) is 1. The maximum absolute atomic E-state index is 12.4. The Hall–Kier alpha value is -1.91. The summed E-state index contributed by atoms with van der Waals surface area (Å²) in [6.45, 7) is 3.15. The highest BCUT2D eigenvalue weighted by Crippen LogP contribution is 2.22. The van der Waals surface area contributed by atoms with Crippen LogP contribution in [0.4, 0.5) is 0 Å². The van der Waals surface area contributed by atoms with Crippen LogP contribution in [0.1, 0.15) is 43.7 Å². The van der Waals surface area contributed by atoms with Crippen LogP contribution in [0.15, 0.2) is 23.1 Å². The van der Waals surface area contributed by atoms with Crippen molar-refractivity contribution in [2.75, 3.05) is 0 Å². The highest BCUT2D eigenvalue weighted by molar-refractivity contribution is 7.90. The standard InChI is InChI=1S/C16H20N2O4S/c1-11-7-8-13(10-17)9-15(11)23(20,21)18-16(19)12(2)22-14-5-3-4-6-14/h7-9,12,14H,3-6H2,1-2H3,(H,18,19)/t12-/m1/s1. The highest BCUT2D eigenvalue weighted by atomic mass is 32.2. The summed E-state index contributed by atoms with van der Waals surface area (Å²) in [6.07, 6.45) is 3.10. The number of sulfonamides is 1. The molecule has 1 aliphatic carbocycles. The second-order valence-corrected chi connectivity index (χ2v) is 7.40. The summed E-state index contributed by atoms with van der Waals surface area (Å²) in [5, 5.41) is 8.90. The average Bonchev–Trinajstić information content (AvgIpc) is 3.00. The summed E-state index contributed by atoms with van der Waals surface area (Å²) in [5.41, 5.74) is 0.687. The van der Waals surface area contributed by atoms with E-state index < -0.39 is 22.0 Å². The minimum absolute atomic E-state index is 0.0158. The highest BCUT2D eigenvalue weighted by Gasteiger charge is 2.26. The Bertz CT molecular complexity index is 731. The average molecular weight is 336 g/mol. The molecule has 0 radical (unpaired) electrons. The number of benzene rings is 1. The summed E-state index contributed by atoms with van der Waals surface area (Å²) >= 11 is 0. The van der Waals surface area contributed by atoms with E-state index in [0.29, 0.717) is 5.56 Å². The van der Waals surface area contributed by atoms with Gasteiger partial charge >= 0.3 is 0 Å². The summed E-state index contributed by atoms with van der Waals surface area (Å²) in [7, 11) is -4.03. The van der Waals surface area contributed by atoms with Crippen molar-refractivity contribution in [3.05, 3.63) is 29.3 Å². The molecular weight excluding hydrogens is 316 g/mol. The van der Waals surface area contributed by atoms with E-state index >= 15 is 0 Å². The molecule has 1 fully saturated rings. The first-order valence-corrected chi connectivity index (χ1v) is 9.04. The molecule has 2 rings (SSSR count). The molecule has 23 heavy (non-hydrogen) atoms. The maximum atomic E-state index is 12.4. The molecule has 1 aromatic rings. The third-order valence-electron chi connectivity index (χ3n) is 3.91. The number of nitrogens with one attached hydrogen (secondary N) is 1. The molecule has 7 heteroatoms. The molecule has 6 nitrogen and oxygen atoms in total. The number of rotatable bonds is 5. The van der Waals surface area contributed by atoms with Crippen molar-refractivity contribution in [1.82, 2.24) is 4.72 Å². The Morgan fingerprint density at radius 3 is 2.65 bits per heavy atom. The van der Waals surface area contributed by atoms with Gasteiger partial charge in [-0.05, 0) is 44.4 Å². The van der Waals surface area contributed by atoms with Crippen molar-refractivity contribution < 1.29 is 17.9 Å². The molecular formula is C16H20N2O4S. The van der Waals surface area contributed by atoms with Crippen LogP contribution in [0.5, 0.6) is 0 Å². The SMILES string of the molecule is Cc1ccc(C#N)cc1S(=O)(=O)NC(=O)[C@@H](C)OC1CCCC1. The smallest absolute Gasteiger partial charge is 0.264 e. The first-order chi connectivity index (χ1) is 10.8. The third-order valence-corrected chi connectivity index (χ3v) is 5.40. The van der Waals surface area contributed by atoms with Gasteiger partial charge in [-0.1, -0.05) is 18.9 Å². The first-order valence-electron chi connectivity index (χ1n) is 7.56. The lowest BCUT2D eigenvalue weighted by molar-refractivity contribution is -0.133. The quantitative estimate of drug-likeness (QED) is 0.887. The van der Waals surface area contributed by atoms with Gasteiger partial charge in [0.2, 0.25) is 0 Å². The number of hydrogen-bond donors (Lipinski definition) is 1. The zero-order chi connectivity index (χ0) is 17.0. The van der Waals surface area contributed by atoms with Crippen LogP contribution in [0.25, 0.3) is 0 Å². The van der Waals surface area contributed by atoms with E-state index in [4.69, 9.17) is 10.00 Å². The lowest BCUT2D eigenvalue weighted by atomic mass is 10.2. The van der Waals surface area contributed by atoms with Crippen LogP contribution >= 0.6 is 0 Å². The zero-order valence-electron chi connectivity index (χ0n) is 13.2. The fourth-order valence-electron chi connectivity index (χ4n) is 2.60. The zero-order valence-corrected chi connectivity index (χ0v) is 14.0. The van der Waals surface area contributed by atoms with E-state index in [1.807, 2.05) is 10.8 Å². The number of aryl methyl sites for hydroxylation is 1. The van der Waals surface area contributed by atoms with Crippen molar-refractivity contribution in [3.8, 4) is 6.07 Å². The van der Waals surface area contributed by atoms with E-state index in [9.17, 15) is 13.2 Å². The number of amides is 1. The van der Waals surface area contributed by atoms with Gasteiger partial charge in [0.25, 0.3) is 15.9 Å². The molecule has 0 spiro atoms. The molecule has 1 N–H and O–H groups in total. The minimum atomic E-state index is -4.03. The molecule has 1 saturated carbocycles. The number of nitrogens with zero attached hydrogens (tertiary/aromatic N) is 1. The van der Waals surface area contributed by atoms with Gasteiger partial charge < -0.3 is 4.74 Å². The number of carbonyl (C=O) groups excluding carboxylic acids is 1. The Morgan fingerprint density at radius 1 is 1.39 bits per heavy atom. The van der Waals surface area contributed by atoms with Crippen LogP contribution in [0.3, 0.4) is 0 Å². The van der Waals surface area contributed by atoms with Crippen molar-refractivity contribution in [2.45, 2.75) is 56.6 Å². The van der Waals surface area contributed by atoms with Gasteiger partial charge in [-0.25, -0.2) is 13.1 Å². The first kappa shape index (κ1) is 17.4. The summed E-state index contributed by atoms with van der Waals surface area (Å²) in [5.74, 6) is -0.696. The lowest BCUT2D eigenvalue weighted by Crippen LogP contribution is -2.40. The van der Waals surface area contributed by atoms with Gasteiger partial charge in [0.1, 0.15) is 6.10 Å². The Labute approximate surface area is 136 Å². The number of nitriles is 1. The molecule has 0 bridgehead atoms. The van der Waals surface area contributed by atoms with Crippen molar-refractivity contribution in [1.29, 1.82) is 5.26 Å². The Kier molecular flexibility index (Phi) is 5.39. The lowest BCUT2D eigenvalue weighted by Gasteiger charge is -2.18. The monoisotopic (exact) mass is 336 g/mol. The van der Waals surface area contributed by atoms with Gasteiger partial charge in [0.05, 0.1) is 22.6 Å². The van der Waals surface area contributed by atoms with Crippen LogP contribution in [0.2, 0.25) is 0 Å². The van der Waals surface area contributed by atoms with Gasteiger partial charge in [-0.2, -0.15) is 5.26 Å². The second-order valence-electron chi connectivity index (χ2n) is 5.75. The largest absolute Gasteiger partial charge is 0.365 e. The summed E-state index contributed by atoms with van der Waals surface area (Å²) in [4.78, 5) is 12.0. The molecule has 0 unspecified atom stereocenters. The van der Waals surface area contributed by atoms with E-state index in [1.165, 1.54) is 18.2 Å². The van der Waals surface area contributed by atoms with Gasteiger partial charge in [0, 0.05) is 0 Å². The Morgan fingerprint density at radius 2 is 2.04 bits per heavy atom. The predicted molar refractivity (Wildman–Crippen MR) is 84.0 cm³/mol. The topological polar surface area (TPSA) is 96.3 Å². The number of carbonyl (C=O) groups is 1. The summed E-state index contributed by atoms with van der Waals surface area (Å²) < 4.78 is 32.4. The van der Waals surface area contributed by atoms with E-state index in [1.54, 1.807) is 13.8 Å². The molecule has 0 heterocycles. The van der Waals surface area contributed by atoms with Crippen LogP contribution in [-0.2, 0) is 19.6 Å². The minimum Gasteiger partial charge on any atom is -0.365 e. The molecule has 1 aromatic carbocycles. The summed E-state index contributed by atoms with van der Waals surface area (Å²) in [6, 6.07) is 6.21. The van der Waals surface area contributed by atoms with E-state index in [2.05, 4.69) is 0 Å². The Balaban J connectivity index is 2.11. The fraction of sp³-hybridized carbons (Fsp3) is 0.500. The van der Waals surface area contributed by atoms with Crippen molar-refractivity contribution >= 4 is 15.9 Å². The van der Waals surface area contributed by atoms with E-state index in [-0.39, 0.29) is 16.6 Å². The molecule has 124 valence electrons. The van der Waals surface area contributed by atoms with Gasteiger partial charge in [-0.3, -0.25) is 4.79 Å². The van der Waals surface area contributed by atoms with Crippen molar-refractivity contribution in [2.24, 2.45) is 0 Å². The predicted octanol–water partition coefficient (Wildman–Crippen LogP) is 2.02.